The molecule has 0 amide bonds. The summed E-state index contributed by atoms with van der Waals surface area (Å²) in [6.45, 7) is 0. The van der Waals surface area contributed by atoms with Gasteiger partial charge < -0.3 is 16.2 Å². The molecule has 0 bridgehead atoms. The first-order valence-corrected chi connectivity index (χ1v) is 3.64. The first-order valence-electron chi connectivity index (χ1n) is 2.82. The number of nitrogen functional groups attached to an aromatic ring is 1. The number of hydrogen-bond acceptors (Lipinski definition) is 5. The molecule has 0 saturated carbocycles. The van der Waals surface area contributed by atoms with Crippen LogP contribution in [0, 0.1) is 0 Å². The van der Waals surface area contributed by atoms with Crippen molar-refractivity contribution in [1.29, 1.82) is 0 Å². The highest BCUT2D eigenvalue weighted by Gasteiger charge is 2.14. The quantitative estimate of drug-likeness (QED) is 0.604. The van der Waals surface area contributed by atoms with E-state index in [9.17, 15) is 4.79 Å². The van der Waals surface area contributed by atoms with Gasteiger partial charge in [0.2, 0.25) is 0 Å². The van der Waals surface area contributed by atoms with Crippen molar-refractivity contribution in [2.45, 2.75) is 0 Å². The zero-order valence-electron chi connectivity index (χ0n) is 5.79. The number of carboxylic acids is 1. The number of thiazole rings is 1. The van der Waals surface area contributed by atoms with Crippen LogP contribution in [-0.4, -0.2) is 23.1 Å². The highest BCUT2D eigenvalue weighted by Crippen LogP contribution is 2.23. The van der Waals surface area contributed by atoms with E-state index in [4.69, 9.17) is 10.8 Å². The van der Waals surface area contributed by atoms with Crippen molar-refractivity contribution < 1.29 is 9.90 Å². The Labute approximate surface area is 66.9 Å². The summed E-state index contributed by atoms with van der Waals surface area (Å²) in [6, 6.07) is 0. The Kier molecular flexibility index (Phi) is 1.95. The van der Waals surface area contributed by atoms with Gasteiger partial charge in [0.25, 0.3) is 0 Å². The van der Waals surface area contributed by atoms with Crippen molar-refractivity contribution in [2.24, 2.45) is 0 Å². The average Bonchev–Trinajstić information content (AvgIpc) is 2.30. The van der Waals surface area contributed by atoms with Gasteiger partial charge in [-0.25, -0.2) is 9.78 Å². The fraction of sp³-hybridized carbons (Fsp3) is 0.200. The molecule has 5 nitrogen and oxygen atoms in total. The van der Waals surface area contributed by atoms with Crippen molar-refractivity contribution in [3.05, 3.63) is 4.88 Å². The van der Waals surface area contributed by atoms with Gasteiger partial charge in [-0.05, 0) is 0 Å². The Morgan fingerprint density at radius 2 is 2.45 bits per heavy atom. The van der Waals surface area contributed by atoms with E-state index in [1.54, 1.807) is 7.05 Å². The number of nitrogens with one attached hydrogen (secondary N) is 1. The number of nitrogens with two attached hydrogens (primary N) is 1. The highest BCUT2D eigenvalue weighted by atomic mass is 32.1. The number of carbonyl (C=O) groups is 1. The summed E-state index contributed by atoms with van der Waals surface area (Å²) in [5.74, 6) is -0.691. The predicted molar refractivity (Wildman–Crippen MR) is 43.0 cm³/mol. The number of anilines is 2. The molecule has 4 N–H and O–H groups in total. The normalized spacial score (nSPS) is 9.55. The predicted octanol–water partition coefficient (Wildman–Crippen LogP) is 0.465. The van der Waals surface area contributed by atoms with Gasteiger partial charge in [-0.2, -0.15) is 0 Å². The van der Waals surface area contributed by atoms with Crippen LogP contribution in [0.3, 0.4) is 0 Å². The Morgan fingerprint density at radius 3 is 2.82 bits per heavy atom. The molecule has 0 saturated heterocycles. The van der Waals surface area contributed by atoms with Crippen LogP contribution < -0.4 is 11.1 Å². The molecular formula is C5H7N3O2S. The largest absolute Gasteiger partial charge is 0.477 e. The Hall–Kier alpha value is -1.30. The van der Waals surface area contributed by atoms with Crippen LogP contribution in [0.5, 0.6) is 0 Å². The van der Waals surface area contributed by atoms with Crippen molar-refractivity contribution in [3.63, 3.8) is 0 Å². The second-order valence-corrected chi connectivity index (χ2v) is 2.82. The van der Waals surface area contributed by atoms with E-state index in [0.29, 0.717) is 5.82 Å². The molecule has 0 fully saturated rings. The fourth-order valence-corrected chi connectivity index (χ4v) is 1.33. The van der Waals surface area contributed by atoms with Crippen LogP contribution in [0.25, 0.3) is 0 Å². The lowest BCUT2D eigenvalue weighted by Crippen LogP contribution is -1.98. The summed E-state index contributed by atoms with van der Waals surface area (Å²) in [4.78, 5) is 14.4. The van der Waals surface area contributed by atoms with Crippen molar-refractivity contribution in [1.82, 2.24) is 4.98 Å². The number of hydrogen-bond donors (Lipinski definition) is 3. The molecular weight excluding hydrogens is 166 g/mol. The van der Waals surface area contributed by atoms with Crippen LogP contribution in [0.15, 0.2) is 0 Å². The third-order valence-corrected chi connectivity index (χ3v) is 1.95. The van der Waals surface area contributed by atoms with E-state index >= 15 is 0 Å². The van der Waals surface area contributed by atoms with Gasteiger partial charge in [0.1, 0.15) is 0 Å². The Balaban J connectivity index is 3.12. The molecule has 0 radical (unpaired) electrons. The lowest BCUT2D eigenvalue weighted by Gasteiger charge is -1.92. The van der Waals surface area contributed by atoms with Crippen LogP contribution in [0.1, 0.15) is 9.67 Å². The summed E-state index contributed by atoms with van der Waals surface area (Å²) in [6.07, 6.45) is 0. The van der Waals surface area contributed by atoms with Gasteiger partial charge in [0.05, 0.1) is 0 Å². The molecule has 1 aromatic heterocycles. The number of nitrogens with zero attached hydrogens (tertiary/aromatic N) is 1. The van der Waals surface area contributed by atoms with Gasteiger partial charge in [0.15, 0.2) is 15.8 Å². The van der Waals surface area contributed by atoms with Crippen LogP contribution in [0.2, 0.25) is 0 Å². The van der Waals surface area contributed by atoms with Gasteiger partial charge in [0, 0.05) is 7.05 Å². The van der Waals surface area contributed by atoms with Gasteiger partial charge >= 0.3 is 5.97 Å². The third kappa shape index (κ3) is 1.40. The topological polar surface area (TPSA) is 88.2 Å². The maximum Gasteiger partial charge on any atom is 0.349 e. The molecule has 1 aromatic rings. The first kappa shape index (κ1) is 7.80. The highest BCUT2D eigenvalue weighted by molar-refractivity contribution is 7.17. The van der Waals surface area contributed by atoms with Crippen molar-refractivity contribution in [3.8, 4) is 0 Å². The van der Waals surface area contributed by atoms with Crippen molar-refractivity contribution >= 4 is 28.3 Å². The molecule has 0 aromatic carbocycles. The maximum absolute atomic E-state index is 10.5. The molecule has 1 heterocycles. The number of aromatic carboxylic acids is 1. The minimum absolute atomic E-state index is 0.144. The second-order valence-electron chi connectivity index (χ2n) is 1.78. The molecule has 0 unspecified atom stereocenters. The van der Waals surface area contributed by atoms with E-state index in [1.165, 1.54) is 0 Å². The van der Waals surface area contributed by atoms with Gasteiger partial charge in [-0.15, -0.1) is 0 Å². The smallest absolute Gasteiger partial charge is 0.349 e. The number of rotatable bonds is 2. The molecule has 0 aliphatic heterocycles. The standard InChI is InChI=1S/C5H7N3O2S/c1-7-3-2(4(9)10)11-5(6)8-3/h7H,1H3,(H2,6,8)(H,9,10). The molecule has 60 valence electrons. The monoisotopic (exact) mass is 173 g/mol. The van der Waals surface area contributed by atoms with E-state index in [2.05, 4.69) is 10.3 Å². The average molecular weight is 173 g/mol. The fourth-order valence-electron chi connectivity index (χ4n) is 0.651. The van der Waals surface area contributed by atoms with E-state index < -0.39 is 5.97 Å². The first-order chi connectivity index (χ1) is 5.15. The molecule has 0 atom stereocenters. The van der Waals surface area contributed by atoms with Crippen molar-refractivity contribution in [2.75, 3.05) is 18.1 Å². The summed E-state index contributed by atoms with van der Waals surface area (Å²) >= 11 is 0.952. The molecule has 11 heavy (non-hydrogen) atoms. The Morgan fingerprint density at radius 1 is 1.82 bits per heavy atom. The lowest BCUT2D eigenvalue weighted by atomic mass is 10.5. The van der Waals surface area contributed by atoms with Crippen LogP contribution >= 0.6 is 11.3 Å². The zero-order valence-corrected chi connectivity index (χ0v) is 6.60. The third-order valence-electron chi connectivity index (χ3n) is 1.07. The summed E-state index contributed by atoms with van der Waals surface area (Å²) < 4.78 is 0. The van der Waals surface area contributed by atoms with E-state index in [-0.39, 0.29) is 10.0 Å². The summed E-state index contributed by atoms with van der Waals surface area (Å²) in [5.41, 5.74) is 5.30. The Bertz CT molecular complexity index is 283. The number of carboxylic acid groups (broad SMARTS) is 1. The lowest BCUT2D eigenvalue weighted by molar-refractivity contribution is 0.0703. The van der Waals surface area contributed by atoms with Gasteiger partial charge in [-0.1, -0.05) is 11.3 Å². The molecule has 0 aliphatic rings. The minimum Gasteiger partial charge on any atom is -0.477 e. The molecule has 0 spiro atoms. The maximum atomic E-state index is 10.5. The minimum atomic E-state index is -1.01. The molecule has 0 aliphatic carbocycles. The second kappa shape index (κ2) is 2.75. The zero-order chi connectivity index (χ0) is 8.43. The summed E-state index contributed by atoms with van der Waals surface area (Å²) in [7, 11) is 1.60. The van der Waals surface area contributed by atoms with Gasteiger partial charge in [-0.3, -0.25) is 0 Å². The van der Waals surface area contributed by atoms with E-state index in [1.807, 2.05) is 0 Å². The van der Waals surface area contributed by atoms with Crippen LogP contribution in [-0.2, 0) is 0 Å². The molecule has 1 rings (SSSR count). The SMILES string of the molecule is CNc1nc(N)sc1C(=O)O. The van der Waals surface area contributed by atoms with Crippen LogP contribution in [0.4, 0.5) is 10.9 Å². The van der Waals surface area contributed by atoms with E-state index in [0.717, 1.165) is 11.3 Å². The summed E-state index contributed by atoms with van der Waals surface area (Å²) in [5, 5.41) is 11.5. The number of aromatic nitrogens is 1. The molecule has 6 heteroatoms.